The fourth-order valence-electron chi connectivity index (χ4n) is 1.59. The SMILES string of the molecule is N#CCOc1ccc(NC(=O)c2ccccc2Br)cc1. The van der Waals surface area contributed by atoms with Gasteiger partial charge in [0.25, 0.3) is 5.91 Å². The number of benzene rings is 2. The van der Waals surface area contributed by atoms with Gasteiger partial charge in [0, 0.05) is 10.2 Å². The van der Waals surface area contributed by atoms with Crippen molar-refractivity contribution in [2.75, 3.05) is 11.9 Å². The maximum absolute atomic E-state index is 12.1. The topological polar surface area (TPSA) is 62.1 Å². The predicted molar refractivity (Wildman–Crippen MR) is 79.6 cm³/mol. The highest BCUT2D eigenvalue weighted by Crippen LogP contribution is 2.19. The summed E-state index contributed by atoms with van der Waals surface area (Å²) in [6.45, 7) is 0.00265. The molecule has 100 valence electrons. The van der Waals surface area contributed by atoms with Gasteiger partial charge in [-0.15, -0.1) is 0 Å². The molecule has 0 atom stereocenters. The van der Waals surface area contributed by atoms with Crippen LogP contribution in [0.2, 0.25) is 0 Å². The van der Waals surface area contributed by atoms with Crippen LogP contribution in [0.15, 0.2) is 53.0 Å². The molecule has 0 radical (unpaired) electrons. The van der Waals surface area contributed by atoms with E-state index in [0.717, 1.165) is 4.47 Å². The summed E-state index contributed by atoms with van der Waals surface area (Å²) in [6, 6.07) is 16.0. The van der Waals surface area contributed by atoms with Crippen molar-refractivity contribution >= 4 is 27.5 Å². The van der Waals surface area contributed by atoms with Crippen LogP contribution in [-0.2, 0) is 0 Å². The molecule has 0 saturated heterocycles. The monoisotopic (exact) mass is 330 g/mol. The number of halogens is 1. The maximum Gasteiger partial charge on any atom is 0.256 e. The molecule has 5 heteroatoms. The number of anilines is 1. The average molecular weight is 331 g/mol. The highest BCUT2D eigenvalue weighted by atomic mass is 79.9. The Kier molecular flexibility index (Phi) is 4.75. The summed E-state index contributed by atoms with van der Waals surface area (Å²) in [5, 5.41) is 11.2. The van der Waals surface area contributed by atoms with Crippen molar-refractivity contribution in [3.8, 4) is 11.8 Å². The molecule has 20 heavy (non-hydrogen) atoms. The Bertz CT molecular complexity index is 648. The number of hydrogen-bond donors (Lipinski definition) is 1. The van der Waals surface area contributed by atoms with Crippen molar-refractivity contribution in [2.24, 2.45) is 0 Å². The Morgan fingerprint density at radius 2 is 1.90 bits per heavy atom. The Labute approximate surface area is 125 Å². The number of nitrogens with zero attached hydrogens (tertiary/aromatic N) is 1. The van der Waals surface area contributed by atoms with Gasteiger partial charge in [-0.25, -0.2) is 0 Å². The van der Waals surface area contributed by atoms with E-state index in [4.69, 9.17) is 10.00 Å². The lowest BCUT2D eigenvalue weighted by Crippen LogP contribution is -2.12. The predicted octanol–water partition coefficient (Wildman–Crippen LogP) is 3.60. The molecule has 0 bridgehead atoms. The van der Waals surface area contributed by atoms with Gasteiger partial charge < -0.3 is 10.1 Å². The van der Waals surface area contributed by atoms with E-state index < -0.39 is 0 Å². The zero-order valence-electron chi connectivity index (χ0n) is 10.5. The van der Waals surface area contributed by atoms with E-state index in [2.05, 4.69) is 21.2 Å². The minimum absolute atomic E-state index is 0.00265. The third-order valence-corrected chi connectivity index (χ3v) is 3.23. The molecule has 1 N–H and O–H groups in total. The molecule has 2 rings (SSSR count). The first-order valence-electron chi connectivity index (χ1n) is 5.86. The molecule has 0 heterocycles. The minimum Gasteiger partial charge on any atom is -0.479 e. The summed E-state index contributed by atoms with van der Waals surface area (Å²) < 4.78 is 5.88. The first-order chi connectivity index (χ1) is 9.70. The molecule has 0 aliphatic heterocycles. The molecule has 0 aromatic heterocycles. The molecule has 4 nitrogen and oxygen atoms in total. The van der Waals surface area contributed by atoms with Crippen molar-refractivity contribution in [2.45, 2.75) is 0 Å². The van der Waals surface area contributed by atoms with E-state index in [1.54, 1.807) is 36.4 Å². The Balaban J connectivity index is 2.05. The molecular formula is C15H11BrN2O2. The summed E-state index contributed by atoms with van der Waals surface area (Å²) in [5.41, 5.74) is 1.23. The molecule has 2 aromatic rings. The lowest BCUT2D eigenvalue weighted by Gasteiger charge is -2.07. The number of amides is 1. The first kappa shape index (κ1) is 14.1. The van der Waals surface area contributed by atoms with Gasteiger partial charge >= 0.3 is 0 Å². The summed E-state index contributed by atoms with van der Waals surface area (Å²) in [7, 11) is 0. The van der Waals surface area contributed by atoms with Crippen LogP contribution < -0.4 is 10.1 Å². The van der Waals surface area contributed by atoms with Crippen LogP contribution >= 0.6 is 15.9 Å². The zero-order valence-corrected chi connectivity index (χ0v) is 12.1. The lowest BCUT2D eigenvalue weighted by molar-refractivity contribution is 0.102. The van der Waals surface area contributed by atoms with E-state index in [-0.39, 0.29) is 12.5 Å². The van der Waals surface area contributed by atoms with Crippen LogP contribution in [0.25, 0.3) is 0 Å². The quantitative estimate of drug-likeness (QED) is 0.931. The van der Waals surface area contributed by atoms with Gasteiger partial charge in [0.1, 0.15) is 11.8 Å². The summed E-state index contributed by atoms with van der Waals surface area (Å²) in [6.07, 6.45) is 0. The van der Waals surface area contributed by atoms with Crippen molar-refractivity contribution in [3.63, 3.8) is 0 Å². The molecule has 0 aliphatic carbocycles. The number of nitrogens with one attached hydrogen (secondary N) is 1. The van der Waals surface area contributed by atoms with Crippen LogP contribution in [0.3, 0.4) is 0 Å². The van der Waals surface area contributed by atoms with Crippen LogP contribution in [0.5, 0.6) is 5.75 Å². The molecule has 0 fully saturated rings. The van der Waals surface area contributed by atoms with E-state index in [1.807, 2.05) is 18.2 Å². The van der Waals surface area contributed by atoms with Gasteiger partial charge in [-0.2, -0.15) is 5.26 Å². The van der Waals surface area contributed by atoms with E-state index in [0.29, 0.717) is 17.0 Å². The maximum atomic E-state index is 12.1. The minimum atomic E-state index is -0.192. The Hall–Kier alpha value is -2.32. The fraction of sp³-hybridized carbons (Fsp3) is 0.0667. The number of rotatable bonds is 4. The summed E-state index contributed by atoms with van der Waals surface area (Å²) >= 11 is 3.34. The van der Waals surface area contributed by atoms with Crippen LogP contribution in [0.4, 0.5) is 5.69 Å². The van der Waals surface area contributed by atoms with Gasteiger partial charge in [-0.1, -0.05) is 12.1 Å². The third-order valence-electron chi connectivity index (χ3n) is 2.53. The molecule has 0 saturated carbocycles. The van der Waals surface area contributed by atoms with E-state index >= 15 is 0 Å². The molecule has 0 aliphatic rings. The van der Waals surface area contributed by atoms with Gasteiger partial charge in [0.2, 0.25) is 0 Å². The highest BCUT2D eigenvalue weighted by molar-refractivity contribution is 9.10. The summed E-state index contributed by atoms with van der Waals surface area (Å²) in [5.74, 6) is 0.397. The second-order valence-corrected chi connectivity index (χ2v) is 4.76. The molecule has 1 amide bonds. The number of ether oxygens (including phenoxy) is 1. The molecule has 0 spiro atoms. The molecule has 2 aromatic carbocycles. The fourth-order valence-corrected chi connectivity index (χ4v) is 2.06. The van der Waals surface area contributed by atoms with Crippen LogP contribution in [-0.4, -0.2) is 12.5 Å². The van der Waals surface area contributed by atoms with Crippen LogP contribution in [0.1, 0.15) is 10.4 Å². The van der Waals surface area contributed by atoms with Crippen molar-refractivity contribution in [3.05, 3.63) is 58.6 Å². The highest BCUT2D eigenvalue weighted by Gasteiger charge is 2.09. The molecule has 0 unspecified atom stereocenters. The van der Waals surface area contributed by atoms with Crippen molar-refractivity contribution < 1.29 is 9.53 Å². The number of hydrogen-bond acceptors (Lipinski definition) is 3. The smallest absolute Gasteiger partial charge is 0.256 e. The van der Waals surface area contributed by atoms with Gasteiger partial charge in [-0.05, 0) is 52.3 Å². The zero-order chi connectivity index (χ0) is 14.4. The van der Waals surface area contributed by atoms with E-state index in [1.165, 1.54) is 0 Å². The van der Waals surface area contributed by atoms with Gasteiger partial charge in [0.15, 0.2) is 6.61 Å². The van der Waals surface area contributed by atoms with Gasteiger partial charge in [-0.3, -0.25) is 4.79 Å². The lowest BCUT2D eigenvalue weighted by atomic mass is 10.2. The number of carbonyl (C=O) groups excluding carboxylic acids is 1. The second-order valence-electron chi connectivity index (χ2n) is 3.91. The summed E-state index contributed by atoms with van der Waals surface area (Å²) in [4.78, 5) is 12.1. The Morgan fingerprint density at radius 1 is 1.20 bits per heavy atom. The van der Waals surface area contributed by atoms with Crippen molar-refractivity contribution in [1.29, 1.82) is 5.26 Å². The molecular weight excluding hydrogens is 320 g/mol. The Morgan fingerprint density at radius 3 is 2.55 bits per heavy atom. The second kappa shape index (κ2) is 6.73. The van der Waals surface area contributed by atoms with Crippen molar-refractivity contribution in [1.82, 2.24) is 0 Å². The van der Waals surface area contributed by atoms with Crippen LogP contribution in [0, 0.1) is 11.3 Å². The first-order valence-corrected chi connectivity index (χ1v) is 6.65. The van der Waals surface area contributed by atoms with Gasteiger partial charge in [0.05, 0.1) is 5.56 Å². The average Bonchev–Trinajstić information content (AvgIpc) is 2.47. The number of nitriles is 1. The normalized spacial score (nSPS) is 9.60. The third kappa shape index (κ3) is 3.59. The number of carbonyl (C=O) groups is 1. The van der Waals surface area contributed by atoms with E-state index in [9.17, 15) is 4.79 Å². The standard InChI is InChI=1S/C15H11BrN2O2/c16-14-4-2-1-3-13(14)15(19)18-11-5-7-12(8-6-11)20-10-9-17/h1-8H,10H2,(H,18,19). The largest absolute Gasteiger partial charge is 0.479 e.